The van der Waals surface area contributed by atoms with Crippen molar-refractivity contribution in [2.45, 2.75) is 52.1 Å². The van der Waals surface area contributed by atoms with Crippen molar-refractivity contribution >= 4 is 0 Å². The summed E-state index contributed by atoms with van der Waals surface area (Å²) in [6.07, 6.45) is 7.04. The molecule has 3 heteroatoms. The molecule has 2 aliphatic carbocycles. The van der Waals surface area contributed by atoms with Crippen molar-refractivity contribution in [2.24, 2.45) is 16.7 Å². The summed E-state index contributed by atoms with van der Waals surface area (Å²) in [5.41, 5.74) is 0.821. The van der Waals surface area contributed by atoms with Gasteiger partial charge in [-0.15, -0.1) is 0 Å². The number of hydrogen-bond acceptors (Lipinski definition) is 3. The Labute approximate surface area is 110 Å². The van der Waals surface area contributed by atoms with Gasteiger partial charge in [-0.05, 0) is 54.4 Å². The van der Waals surface area contributed by atoms with Crippen LogP contribution in [0.15, 0.2) is 11.6 Å². The molecule has 4 unspecified atom stereocenters. The first kappa shape index (κ1) is 14.0. The minimum atomic E-state index is -0.205. The fourth-order valence-electron chi connectivity index (χ4n) is 4.21. The minimum Gasteiger partial charge on any atom is -0.392 e. The van der Waals surface area contributed by atoms with E-state index in [2.05, 4.69) is 13.8 Å². The molecule has 0 aromatic carbocycles. The molecule has 3 nitrogen and oxygen atoms in total. The Kier molecular flexibility index (Phi) is 3.86. The molecule has 2 bridgehead atoms. The molecule has 2 rings (SSSR count). The van der Waals surface area contributed by atoms with Crippen LogP contribution in [-0.4, -0.2) is 34.6 Å². The summed E-state index contributed by atoms with van der Waals surface area (Å²) < 4.78 is 0. The van der Waals surface area contributed by atoms with Crippen molar-refractivity contribution in [1.82, 2.24) is 0 Å². The normalized spacial score (nSPS) is 42.3. The summed E-state index contributed by atoms with van der Waals surface area (Å²) in [4.78, 5) is 0. The van der Waals surface area contributed by atoms with Crippen molar-refractivity contribution in [3.63, 3.8) is 0 Å². The molecule has 4 atom stereocenters. The highest BCUT2D eigenvalue weighted by atomic mass is 16.3. The molecular formula is C15H26O3. The van der Waals surface area contributed by atoms with Gasteiger partial charge in [-0.3, -0.25) is 0 Å². The first-order chi connectivity index (χ1) is 8.46. The van der Waals surface area contributed by atoms with E-state index in [-0.39, 0.29) is 30.1 Å². The Bertz CT molecular complexity index is 333. The summed E-state index contributed by atoms with van der Waals surface area (Å²) >= 11 is 0. The third kappa shape index (κ3) is 2.13. The van der Waals surface area contributed by atoms with Gasteiger partial charge in [0.1, 0.15) is 0 Å². The van der Waals surface area contributed by atoms with Gasteiger partial charge in [0.25, 0.3) is 0 Å². The highest BCUT2D eigenvalue weighted by Crippen LogP contribution is 2.64. The van der Waals surface area contributed by atoms with Crippen molar-refractivity contribution in [3.8, 4) is 0 Å². The molecule has 2 saturated carbocycles. The summed E-state index contributed by atoms with van der Waals surface area (Å²) in [5, 5.41) is 28.6. The molecule has 0 amide bonds. The van der Waals surface area contributed by atoms with Crippen LogP contribution in [0.1, 0.15) is 46.0 Å². The molecule has 0 aromatic rings. The van der Waals surface area contributed by atoms with Gasteiger partial charge in [-0.2, -0.15) is 0 Å². The van der Waals surface area contributed by atoms with Gasteiger partial charge in [0.2, 0.25) is 0 Å². The lowest BCUT2D eigenvalue weighted by molar-refractivity contribution is -0.0481. The highest BCUT2D eigenvalue weighted by Gasteiger charge is 2.60. The lowest BCUT2D eigenvalue weighted by Gasteiger charge is -2.41. The molecule has 0 aliphatic heterocycles. The van der Waals surface area contributed by atoms with E-state index in [9.17, 15) is 5.11 Å². The standard InChI is InChI=1S/C15H26O3/c1-14-7-5-12(8-14)15(2,13(14)18)6-3-4-11(9-16)10-17/h4,12-13,16-18H,3,5-10H2,1-2H3. The third-order valence-corrected chi connectivity index (χ3v) is 5.52. The van der Waals surface area contributed by atoms with Crippen LogP contribution in [0.25, 0.3) is 0 Å². The molecule has 0 spiro atoms. The Hall–Kier alpha value is -0.380. The summed E-state index contributed by atoms with van der Waals surface area (Å²) in [6.45, 7) is 4.28. The van der Waals surface area contributed by atoms with E-state index >= 15 is 0 Å². The molecular weight excluding hydrogens is 228 g/mol. The van der Waals surface area contributed by atoms with Crippen LogP contribution >= 0.6 is 0 Å². The second kappa shape index (κ2) is 4.95. The van der Waals surface area contributed by atoms with Crippen molar-refractivity contribution in [1.29, 1.82) is 0 Å². The van der Waals surface area contributed by atoms with Gasteiger partial charge >= 0.3 is 0 Å². The van der Waals surface area contributed by atoms with Gasteiger partial charge in [-0.25, -0.2) is 0 Å². The van der Waals surface area contributed by atoms with Gasteiger partial charge in [0.15, 0.2) is 0 Å². The molecule has 0 saturated heterocycles. The monoisotopic (exact) mass is 254 g/mol. The molecule has 2 fully saturated rings. The van der Waals surface area contributed by atoms with Gasteiger partial charge in [0.05, 0.1) is 19.3 Å². The number of fused-ring (bicyclic) bond motifs is 2. The molecule has 0 heterocycles. The predicted octanol–water partition coefficient (Wildman–Crippen LogP) is 1.86. The zero-order valence-corrected chi connectivity index (χ0v) is 11.5. The van der Waals surface area contributed by atoms with Crippen molar-refractivity contribution in [3.05, 3.63) is 11.6 Å². The average molecular weight is 254 g/mol. The van der Waals surface area contributed by atoms with E-state index in [0.29, 0.717) is 11.5 Å². The molecule has 2 aliphatic rings. The average Bonchev–Trinajstić information content (AvgIpc) is 2.84. The van der Waals surface area contributed by atoms with Crippen molar-refractivity contribution in [2.75, 3.05) is 13.2 Å². The zero-order valence-electron chi connectivity index (χ0n) is 11.5. The Morgan fingerprint density at radius 2 is 1.94 bits per heavy atom. The zero-order chi connectivity index (χ0) is 13.4. The maximum absolute atomic E-state index is 10.6. The van der Waals surface area contributed by atoms with E-state index in [0.717, 1.165) is 25.7 Å². The van der Waals surface area contributed by atoms with Crippen LogP contribution < -0.4 is 0 Å². The van der Waals surface area contributed by atoms with Gasteiger partial charge < -0.3 is 15.3 Å². The lowest BCUT2D eigenvalue weighted by atomic mass is 9.66. The number of allylic oxidation sites excluding steroid dienone is 1. The summed E-state index contributed by atoms with van der Waals surface area (Å²) in [6, 6.07) is 0. The first-order valence-electron chi connectivity index (χ1n) is 7.04. The van der Waals surface area contributed by atoms with Crippen LogP contribution in [0.3, 0.4) is 0 Å². The third-order valence-electron chi connectivity index (χ3n) is 5.52. The number of aliphatic hydroxyl groups is 3. The van der Waals surface area contributed by atoms with E-state index in [1.807, 2.05) is 6.08 Å². The van der Waals surface area contributed by atoms with E-state index < -0.39 is 0 Å². The van der Waals surface area contributed by atoms with E-state index in [1.165, 1.54) is 6.42 Å². The number of aliphatic hydroxyl groups excluding tert-OH is 3. The van der Waals surface area contributed by atoms with Crippen LogP contribution in [0.5, 0.6) is 0 Å². The minimum absolute atomic E-state index is 0.0134. The quantitative estimate of drug-likeness (QED) is 0.656. The Morgan fingerprint density at radius 1 is 1.28 bits per heavy atom. The van der Waals surface area contributed by atoms with E-state index in [4.69, 9.17) is 10.2 Å². The number of rotatable bonds is 5. The van der Waals surface area contributed by atoms with Crippen LogP contribution in [0.2, 0.25) is 0 Å². The fraction of sp³-hybridized carbons (Fsp3) is 0.867. The molecule has 0 radical (unpaired) electrons. The fourth-order valence-corrected chi connectivity index (χ4v) is 4.21. The molecule has 0 aromatic heterocycles. The second-order valence-corrected chi connectivity index (χ2v) is 6.72. The van der Waals surface area contributed by atoms with E-state index in [1.54, 1.807) is 0 Å². The topological polar surface area (TPSA) is 60.7 Å². The second-order valence-electron chi connectivity index (χ2n) is 6.72. The summed E-state index contributed by atoms with van der Waals surface area (Å²) in [5.74, 6) is 0.637. The van der Waals surface area contributed by atoms with Gasteiger partial charge in [-0.1, -0.05) is 19.9 Å². The van der Waals surface area contributed by atoms with Crippen molar-refractivity contribution < 1.29 is 15.3 Å². The Morgan fingerprint density at radius 3 is 2.44 bits per heavy atom. The first-order valence-corrected chi connectivity index (χ1v) is 7.04. The molecule has 3 N–H and O–H groups in total. The summed E-state index contributed by atoms with van der Waals surface area (Å²) in [7, 11) is 0. The number of hydrogen-bond donors (Lipinski definition) is 3. The molecule has 104 valence electrons. The SMILES string of the molecule is CC12CCC(C1)C(C)(CCC=C(CO)CO)C2O. The maximum atomic E-state index is 10.6. The predicted molar refractivity (Wildman–Crippen MR) is 71.1 cm³/mol. The highest BCUT2D eigenvalue weighted by molar-refractivity contribution is 5.11. The smallest absolute Gasteiger partial charge is 0.0663 e. The van der Waals surface area contributed by atoms with Crippen LogP contribution in [0, 0.1) is 16.7 Å². The maximum Gasteiger partial charge on any atom is 0.0663 e. The van der Waals surface area contributed by atoms with Crippen LogP contribution in [-0.2, 0) is 0 Å². The largest absolute Gasteiger partial charge is 0.392 e. The Balaban J connectivity index is 1.99. The molecule has 18 heavy (non-hydrogen) atoms. The van der Waals surface area contributed by atoms with Gasteiger partial charge in [0, 0.05) is 0 Å². The lowest BCUT2D eigenvalue weighted by Crippen LogP contribution is -2.42. The van der Waals surface area contributed by atoms with Crippen LogP contribution in [0.4, 0.5) is 0 Å².